The van der Waals surface area contributed by atoms with Crippen molar-refractivity contribution in [2.45, 2.75) is 156 Å². The van der Waals surface area contributed by atoms with Crippen LogP contribution in [-0.2, 0) is 0 Å². The number of pyridine rings is 2. The summed E-state index contributed by atoms with van der Waals surface area (Å²) >= 11 is 0. The maximum atomic E-state index is 15.1. The lowest BCUT2D eigenvalue weighted by atomic mass is 9.92. The molecule has 6 heteroatoms. The van der Waals surface area contributed by atoms with Crippen LogP contribution in [0.15, 0.2) is 60.9 Å². The number of carbonyl (C=O) groups excluding carboxylic acids is 2. The molecule has 6 nitrogen and oxygen atoms in total. The van der Waals surface area contributed by atoms with E-state index in [1.165, 1.54) is 77.0 Å². The van der Waals surface area contributed by atoms with E-state index in [0.717, 1.165) is 99.4 Å². The van der Waals surface area contributed by atoms with E-state index in [1.54, 1.807) is 0 Å². The van der Waals surface area contributed by atoms with Crippen LogP contribution in [0.3, 0.4) is 0 Å². The molecule has 2 aromatic carbocycles. The molecule has 2 aromatic heterocycles. The molecular formula is C48H70N4O2. The summed E-state index contributed by atoms with van der Waals surface area (Å²) in [6, 6.07) is 16.0. The largest absolute Gasteiger partial charge is 0.339 e. The normalized spacial score (nSPS) is 11.4. The van der Waals surface area contributed by atoms with Gasteiger partial charge in [0.15, 0.2) is 0 Å². The minimum Gasteiger partial charge on any atom is -0.339 e. The average Bonchev–Trinajstić information content (AvgIpc) is 3.20. The van der Waals surface area contributed by atoms with E-state index in [1.807, 2.05) is 60.9 Å². The van der Waals surface area contributed by atoms with E-state index in [9.17, 15) is 0 Å². The molecule has 2 amide bonds. The smallest absolute Gasteiger partial charge is 0.255 e. The number of para-hydroxylation sites is 2. The summed E-state index contributed by atoms with van der Waals surface area (Å²) in [6.45, 7) is 11.9. The van der Waals surface area contributed by atoms with Gasteiger partial charge >= 0.3 is 0 Å². The number of nitrogens with zero attached hydrogens (tertiary/aromatic N) is 4. The first-order valence-electron chi connectivity index (χ1n) is 21.9. The van der Waals surface area contributed by atoms with Crippen molar-refractivity contribution in [3.05, 3.63) is 72.1 Å². The van der Waals surface area contributed by atoms with Crippen molar-refractivity contribution in [3.63, 3.8) is 0 Å². The van der Waals surface area contributed by atoms with Gasteiger partial charge in [-0.3, -0.25) is 19.6 Å². The number of amides is 2. The van der Waals surface area contributed by atoms with Crippen LogP contribution in [0, 0.1) is 0 Å². The third-order valence-corrected chi connectivity index (χ3v) is 11.0. The van der Waals surface area contributed by atoms with E-state index in [-0.39, 0.29) is 11.8 Å². The molecule has 0 radical (unpaired) electrons. The highest BCUT2D eigenvalue weighted by molar-refractivity contribution is 6.16. The van der Waals surface area contributed by atoms with Gasteiger partial charge in [-0.05, 0) is 37.8 Å². The van der Waals surface area contributed by atoms with Crippen LogP contribution < -0.4 is 0 Å². The Bertz CT molecular complexity index is 1550. The molecule has 294 valence electrons. The summed E-state index contributed by atoms with van der Waals surface area (Å²) < 4.78 is 0. The number of rotatable bonds is 27. The summed E-state index contributed by atoms with van der Waals surface area (Å²) in [6.07, 6.45) is 26.6. The van der Waals surface area contributed by atoms with Crippen molar-refractivity contribution in [1.82, 2.24) is 19.8 Å². The molecule has 0 saturated heterocycles. The predicted molar refractivity (Wildman–Crippen MR) is 229 cm³/mol. The van der Waals surface area contributed by atoms with Crippen molar-refractivity contribution in [2.75, 3.05) is 26.2 Å². The molecule has 0 bridgehead atoms. The maximum absolute atomic E-state index is 15.1. The summed E-state index contributed by atoms with van der Waals surface area (Å²) in [7, 11) is 0. The van der Waals surface area contributed by atoms with E-state index in [2.05, 4.69) is 37.5 Å². The molecule has 0 fully saturated rings. The molecule has 0 aliphatic carbocycles. The van der Waals surface area contributed by atoms with Gasteiger partial charge in [0.05, 0.1) is 22.2 Å². The topological polar surface area (TPSA) is 66.4 Å². The molecule has 0 saturated carbocycles. The fraction of sp³-hybridized carbons (Fsp3) is 0.583. The van der Waals surface area contributed by atoms with Crippen molar-refractivity contribution in [2.24, 2.45) is 0 Å². The second-order valence-corrected chi connectivity index (χ2v) is 15.4. The van der Waals surface area contributed by atoms with Crippen LogP contribution in [0.4, 0.5) is 0 Å². The number of hydrogen-bond acceptors (Lipinski definition) is 4. The molecule has 0 aliphatic heterocycles. The molecule has 2 heterocycles. The average molecular weight is 735 g/mol. The number of fused-ring (bicyclic) bond motifs is 2. The Morgan fingerprint density at radius 2 is 0.722 bits per heavy atom. The fourth-order valence-electron chi connectivity index (χ4n) is 7.72. The first-order chi connectivity index (χ1) is 26.5. The summed E-state index contributed by atoms with van der Waals surface area (Å²) in [4.78, 5) is 44.2. The Morgan fingerprint density at radius 1 is 0.426 bits per heavy atom. The predicted octanol–water partition coefficient (Wildman–Crippen LogP) is 13.2. The summed E-state index contributed by atoms with van der Waals surface area (Å²) in [5.41, 5.74) is 4.26. The molecule has 0 spiro atoms. The first kappa shape index (κ1) is 42.9. The zero-order valence-corrected chi connectivity index (χ0v) is 34.3. The maximum Gasteiger partial charge on any atom is 0.255 e. The Hall–Kier alpha value is -3.80. The van der Waals surface area contributed by atoms with Crippen LogP contribution in [-0.4, -0.2) is 57.8 Å². The molecule has 0 atom stereocenters. The zero-order chi connectivity index (χ0) is 38.4. The molecule has 54 heavy (non-hydrogen) atoms. The highest BCUT2D eigenvalue weighted by Gasteiger charge is 2.28. The molecule has 0 aliphatic rings. The lowest BCUT2D eigenvalue weighted by Crippen LogP contribution is -2.34. The van der Waals surface area contributed by atoms with Crippen LogP contribution in [0.5, 0.6) is 0 Å². The lowest BCUT2D eigenvalue weighted by molar-refractivity contribution is 0.0742. The summed E-state index contributed by atoms with van der Waals surface area (Å²) in [5.74, 6) is 0.0645. The Balaban J connectivity index is 1.81. The lowest BCUT2D eigenvalue weighted by Gasteiger charge is -2.27. The van der Waals surface area contributed by atoms with Gasteiger partial charge in [0.1, 0.15) is 0 Å². The van der Waals surface area contributed by atoms with E-state index < -0.39 is 0 Å². The van der Waals surface area contributed by atoms with E-state index in [4.69, 9.17) is 9.97 Å². The van der Waals surface area contributed by atoms with Gasteiger partial charge in [0.2, 0.25) is 0 Å². The number of hydrogen-bond donors (Lipinski definition) is 0. The number of aromatic nitrogens is 2. The fourth-order valence-corrected chi connectivity index (χ4v) is 7.72. The Morgan fingerprint density at radius 3 is 1.04 bits per heavy atom. The highest BCUT2D eigenvalue weighted by atomic mass is 16.2. The van der Waals surface area contributed by atoms with Crippen LogP contribution in [0.2, 0.25) is 0 Å². The van der Waals surface area contributed by atoms with Gasteiger partial charge in [-0.25, -0.2) is 0 Å². The van der Waals surface area contributed by atoms with Gasteiger partial charge in [-0.2, -0.15) is 0 Å². The number of carbonyl (C=O) groups is 2. The minimum absolute atomic E-state index is 0.0323. The van der Waals surface area contributed by atoms with Crippen LogP contribution >= 0.6 is 0 Å². The highest BCUT2D eigenvalue weighted by Crippen LogP contribution is 2.36. The van der Waals surface area contributed by atoms with Gasteiger partial charge in [-0.1, -0.05) is 167 Å². The van der Waals surface area contributed by atoms with Gasteiger partial charge in [0.25, 0.3) is 11.8 Å². The van der Waals surface area contributed by atoms with Crippen molar-refractivity contribution < 1.29 is 9.59 Å². The molecule has 0 N–H and O–H groups in total. The zero-order valence-electron chi connectivity index (χ0n) is 34.3. The van der Waals surface area contributed by atoms with Gasteiger partial charge < -0.3 is 9.80 Å². The first-order valence-corrected chi connectivity index (χ1v) is 21.9. The second kappa shape index (κ2) is 24.6. The third kappa shape index (κ3) is 12.6. The second-order valence-electron chi connectivity index (χ2n) is 15.4. The SMILES string of the molecule is CCCCCCCN(CCCCCCC)C(=O)c1c(-c2cnc3ccccc3c2C(=O)N(CCCCCCC)CCCCCCC)cnc2ccccc12. The standard InChI is InChI=1S/C48H70N4O2/c1-5-9-13-17-25-33-51(34-26-18-14-10-6-2)47(53)45-39-29-21-23-31-43(39)49-37-41(45)42-38-50-44-32-24-22-30-40(44)46(42)48(54)52(35-27-19-15-11-7-3)36-28-20-16-12-8-4/h21-24,29-32,37-38H,5-20,25-28,33-36H2,1-4H3. The summed E-state index contributed by atoms with van der Waals surface area (Å²) in [5, 5.41) is 1.66. The molecule has 4 rings (SSSR count). The van der Waals surface area contributed by atoms with Crippen molar-refractivity contribution in [3.8, 4) is 11.1 Å². The van der Waals surface area contributed by atoms with Crippen molar-refractivity contribution >= 4 is 33.6 Å². The Kier molecular flexibility index (Phi) is 19.5. The monoisotopic (exact) mass is 735 g/mol. The molecule has 0 unspecified atom stereocenters. The van der Waals surface area contributed by atoms with Crippen LogP contribution in [0.1, 0.15) is 177 Å². The van der Waals surface area contributed by atoms with E-state index >= 15 is 9.59 Å². The molecular weight excluding hydrogens is 665 g/mol. The van der Waals surface area contributed by atoms with Gasteiger partial charge in [0, 0.05) is 60.5 Å². The quantitative estimate of drug-likeness (QED) is 0.0572. The Labute approximate surface area is 327 Å². The van der Waals surface area contributed by atoms with Crippen LogP contribution in [0.25, 0.3) is 32.9 Å². The van der Waals surface area contributed by atoms with Gasteiger partial charge in [-0.15, -0.1) is 0 Å². The third-order valence-electron chi connectivity index (χ3n) is 11.0. The minimum atomic E-state index is 0.0323. The molecule has 4 aromatic rings. The van der Waals surface area contributed by atoms with E-state index in [0.29, 0.717) is 22.3 Å². The number of benzene rings is 2. The van der Waals surface area contributed by atoms with Crippen molar-refractivity contribution in [1.29, 1.82) is 0 Å². The number of unbranched alkanes of at least 4 members (excludes halogenated alkanes) is 16.